The first-order valence-electron chi connectivity index (χ1n) is 7.08. The van der Waals surface area contributed by atoms with E-state index in [9.17, 15) is 0 Å². The van der Waals surface area contributed by atoms with Crippen molar-refractivity contribution < 1.29 is 9.84 Å². The van der Waals surface area contributed by atoms with Gasteiger partial charge in [-0.2, -0.15) is 0 Å². The molecule has 0 saturated carbocycles. The highest BCUT2D eigenvalue weighted by atomic mass is 79.9. The summed E-state index contributed by atoms with van der Waals surface area (Å²) >= 11 is 3.36. The van der Waals surface area contributed by atoms with Crippen LogP contribution < -0.4 is 0 Å². The van der Waals surface area contributed by atoms with Gasteiger partial charge in [0, 0.05) is 11.1 Å². The first-order valence-corrected chi connectivity index (χ1v) is 7.87. The molecule has 1 saturated heterocycles. The fourth-order valence-electron chi connectivity index (χ4n) is 1.60. The predicted octanol–water partition coefficient (Wildman–Crippen LogP) is 4.30. The number of hydrogen-bond donors (Lipinski definition) is 1. The minimum Gasteiger partial charge on any atom is -0.396 e. The number of aryl methyl sites for hydroxylation is 2. The molecule has 2 aromatic rings. The van der Waals surface area contributed by atoms with Crippen LogP contribution in [0.25, 0.3) is 0 Å². The van der Waals surface area contributed by atoms with Gasteiger partial charge in [0.2, 0.25) is 0 Å². The van der Waals surface area contributed by atoms with E-state index in [4.69, 9.17) is 5.11 Å². The molecule has 114 valence electrons. The third kappa shape index (κ3) is 10.2. The number of ether oxygens (including phenoxy) is 1. The topological polar surface area (TPSA) is 32.8 Å². The van der Waals surface area contributed by atoms with Crippen molar-refractivity contribution >= 4 is 15.9 Å². The molecular weight excluding hydrogens is 328 g/mol. The van der Waals surface area contributed by atoms with E-state index < -0.39 is 0 Å². The Balaban J connectivity index is 0.000000178. The Bertz CT molecular complexity index is 504. The van der Waals surface area contributed by atoms with E-state index in [-0.39, 0.29) is 6.61 Å². The minimum absolute atomic E-state index is 0.240. The summed E-state index contributed by atoms with van der Waals surface area (Å²) in [7, 11) is 0. The Morgan fingerprint density at radius 1 is 1.00 bits per heavy atom. The van der Waals surface area contributed by atoms with E-state index in [1.165, 1.54) is 16.7 Å². The molecule has 0 spiro atoms. The second-order valence-electron chi connectivity index (χ2n) is 4.87. The van der Waals surface area contributed by atoms with Gasteiger partial charge in [-0.25, -0.2) is 0 Å². The van der Waals surface area contributed by atoms with Gasteiger partial charge in [-0.15, -0.1) is 0 Å². The Morgan fingerprint density at radius 2 is 1.57 bits per heavy atom. The fraction of sp³-hybridized carbons (Fsp3) is 0.333. The van der Waals surface area contributed by atoms with Crippen LogP contribution >= 0.6 is 15.9 Å². The molecule has 0 atom stereocenters. The average molecular weight is 351 g/mol. The molecule has 0 bridgehead atoms. The maximum absolute atomic E-state index is 8.61. The van der Waals surface area contributed by atoms with Gasteiger partial charge in [0.05, 0.1) is 13.2 Å². The van der Waals surface area contributed by atoms with E-state index in [0.29, 0.717) is 0 Å². The Labute approximate surface area is 135 Å². The monoisotopic (exact) mass is 350 g/mol. The molecule has 1 aliphatic heterocycles. The van der Waals surface area contributed by atoms with Crippen molar-refractivity contribution in [3.8, 4) is 0 Å². The molecule has 1 fully saturated rings. The normalized spacial score (nSPS) is 11.6. The van der Waals surface area contributed by atoms with Crippen LogP contribution in [0.4, 0.5) is 0 Å². The molecule has 1 N–H and O–H groups in total. The second kappa shape index (κ2) is 10.6. The molecule has 0 radical (unpaired) electrons. The highest BCUT2D eigenvalue weighted by Crippen LogP contribution is 2.09. The highest BCUT2D eigenvalue weighted by molar-refractivity contribution is 9.10. The molecule has 0 aliphatic carbocycles. The molecular formula is C18H23BrO2. The van der Waals surface area contributed by atoms with Crippen molar-refractivity contribution in [1.82, 2.24) is 0 Å². The van der Waals surface area contributed by atoms with Gasteiger partial charge >= 0.3 is 0 Å². The number of rotatable bonds is 2. The van der Waals surface area contributed by atoms with Crippen molar-refractivity contribution in [2.75, 3.05) is 19.8 Å². The number of aliphatic hydroxyl groups excluding tert-OH is 1. The molecule has 2 aromatic carbocycles. The van der Waals surface area contributed by atoms with Crippen LogP contribution in [0.3, 0.4) is 0 Å². The van der Waals surface area contributed by atoms with Gasteiger partial charge in [0.15, 0.2) is 0 Å². The van der Waals surface area contributed by atoms with Crippen molar-refractivity contribution in [3.63, 3.8) is 0 Å². The van der Waals surface area contributed by atoms with Gasteiger partial charge in [-0.05, 0) is 38.0 Å². The van der Waals surface area contributed by atoms with Crippen molar-refractivity contribution in [3.05, 3.63) is 69.7 Å². The smallest absolute Gasteiger partial charge is 0.0701 e. The zero-order valence-corrected chi connectivity index (χ0v) is 14.3. The summed E-state index contributed by atoms with van der Waals surface area (Å²) in [5.74, 6) is 0. The number of aliphatic hydroxyl groups is 1. The standard InChI is InChI=1S/C9H12O.C7H7Br.C2H4O/c1-8-3-2-4-9(7-8)5-6-10;1-6-3-2-4-7(8)5-6;1-2-3-1/h2-4,7,10H,5-6H2,1H3;2-5H,1H3;1-2H2. The number of hydrogen-bond acceptors (Lipinski definition) is 2. The first kappa shape index (κ1) is 17.9. The summed E-state index contributed by atoms with van der Waals surface area (Å²) in [6.07, 6.45) is 0.766. The first-order chi connectivity index (χ1) is 10.1. The molecule has 21 heavy (non-hydrogen) atoms. The van der Waals surface area contributed by atoms with E-state index >= 15 is 0 Å². The molecule has 1 heterocycles. The van der Waals surface area contributed by atoms with Crippen LogP contribution in [0.15, 0.2) is 53.0 Å². The van der Waals surface area contributed by atoms with Crippen LogP contribution in [0.1, 0.15) is 16.7 Å². The number of benzene rings is 2. The van der Waals surface area contributed by atoms with E-state index in [2.05, 4.69) is 58.8 Å². The maximum atomic E-state index is 8.61. The zero-order chi connectivity index (χ0) is 15.5. The third-order valence-electron chi connectivity index (χ3n) is 2.67. The highest BCUT2D eigenvalue weighted by Gasteiger charge is 1.94. The predicted molar refractivity (Wildman–Crippen MR) is 91.7 cm³/mol. The lowest BCUT2D eigenvalue weighted by atomic mass is 10.1. The maximum Gasteiger partial charge on any atom is 0.0701 e. The van der Waals surface area contributed by atoms with Gasteiger partial charge in [0.1, 0.15) is 0 Å². The lowest BCUT2D eigenvalue weighted by Crippen LogP contribution is -1.89. The minimum atomic E-state index is 0.240. The largest absolute Gasteiger partial charge is 0.396 e. The summed E-state index contributed by atoms with van der Waals surface area (Å²) in [5, 5.41) is 8.61. The summed E-state index contributed by atoms with van der Waals surface area (Å²) in [6.45, 7) is 6.37. The van der Waals surface area contributed by atoms with Crippen LogP contribution in [-0.2, 0) is 11.2 Å². The molecule has 1 aliphatic rings. The lowest BCUT2D eigenvalue weighted by molar-refractivity contribution is 0.299. The molecule has 3 rings (SSSR count). The summed E-state index contributed by atoms with van der Waals surface area (Å²) in [6, 6.07) is 16.4. The number of epoxide rings is 1. The van der Waals surface area contributed by atoms with Gasteiger partial charge < -0.3 is 9.84 Å². The second-order valence-corrected chi connectivity index (χ2v) is 5.79. The van der Waals surface area contributed by atoms with Crippen LogP contribution in [0.5, 0.6) is 0 Å². The molecule has 2 nitrogen and oxygen atoms in total. The lowest BCUT2D eigenvalue weighted by Gasteiger charge is -1.97. The molecule has 3 heteroatoms. The van der Waals surface area contributed by atoms with Gasteiger partial charge in [0.25, 0.3) is 0 Å². The molecule has 0 amide bonds. The summed E-state index contributed by atoms with van der Waals surface area (Å²) in [4.78, 5) is 0. The van der Waals surface area contributed by atoms with Crippen LogP contribution in [0, 0.1) is 13.8 Å². The average Bonchev–Trinajstić information content (AvgIpc) is 3.27. The van der Waals surface area contributed by atoms with E-state index in [0.717, 1.165) is 24.1 Å². The third-order valence-corrected chi connectivity index (χ3v) is 3.16. The zero-order valence-electron chi connectivity index (χ0n) is 12.7. The van der Waals surface area contributed by atoms with E-state index in [1.807, 2.05) is 24.3 Å². The molecule has 0 aromatic heterocycles. The Morgan fingerprint density at radius 3 is 1.95 bits per heavy atom. The van der Waals surface area contributed by atoms with Gasteiger partial charge in [-0.3, -0.25) is 0 Å². The van der Waals surface area contributed by atoms with Crippen LogP contribution in [0.2, 0.25) is 0 Å². The van der Waals surface area contributed by atoms with Crippen LogP contribution in [-0.4, -0.2) is 24.9 Å². The van der Waals surface area contributed by atoms with Crippen molar-refractivity contribution in [2.45, 2.75) is 20.3 Å². The Kier molecular flexibility index (Phi) is 8.99. The SMILES string of the molecule is C1CO1.Cc1cccc(Br)c1.Cc1cccc(CCO)c1. The van der Waals surface area contributed by atoms with Gasteiger partial charge in [-0.1, -0.05) is 63.5 Å². The Hall–Kier alpha value is -1.16. The number of halogens is 1. The quantitative estimate of drug-likeness (QED) is 0.818. The van der Waals surface area contributed by atoms with E-state index in [1.54, 1.807) is 0 Å². The van der Waals surface area contributed by atoms with Crippen molar-refractivity contribution in [1.29, 1.82) is 0 Å². The van der Waals surface area contributed by atoms with Crippen molar-refractivity contribution in [2.24, 2.45) is 0 Å². The molecule has 0 unspecified atom stereocenters. The summed E-state index contributed by atoms with van der Waals surface area (Å²) in [5.41, 5.74) is 3.76. The summed E-state index contributed by atoms with van der Waals surface area (Å²) < 4.78 is 5.65. The fourth-order valence-corrected chi connectivity index (χ4v) is 2.12.